The number of carbonyl (C=O) groups is 1. The maximum Gasteiger partial charge on any atom is 0.230 e. The molecule has 0 fully saturated rings. The summed E-state index contributed by atoms with van der Waals surface area (Å²) in [5.74, 6) is 0.317. The van der Waals surface area contributed by atoms with Crippen molar-refractivity contribution >= 4 is 29.3 Å². The third-order valence-electron chi connectivity index (χ3n) is 3.52. The van der Waals surface area contributed by atoms with Gasteiger partial charge in [-0.2, -0.15) is 0 Å². The summed E-state index contributed by atoms with van der Waals surface area (Å²) < 4.78 is 10.8. The van der Waals surface area contributed by atoms with Crippen molar-refractivity contribution in [3.63, 3.8) is 0 Å². The Kier molecular flexibility index (Phi) is 9.56. The van der Waals surface area contributed by atoms with E-state index in [1.165, 1.54) is 11.8 Å². The van der Waals surface area contributed by atoms with Crippen molar-refractivity contribution in [1.29, 1.82) is 0 Å². The van der Waals surface area contributed by atoms with Gasteiger partial charge in [0, 0.05) is 18.0 Å². The molecule has 0 bridgehead atoms. The first-order valence-electron chi connectivity index (χ1n) is 8.56. The number of ether oxygens (including phenoxy) is 2. The third-order valence-corrected chi connectivity index (χ3v) is 5.04. The topological polar surface area (TPSA) is 47.6 Å². The number of hydrogen-bond acceptors (Lipinski definition) is 4. The summed E-state index contributed by atoms with van der Waals surface area (Å²) in [5.41, 5.74) is 2.13. The normalized spacial score (nSPS) is 10.7. The largest absolute Gasteiger partial charge is 0.379 e. The molecule has 0 atom stereocenters. The molecule has 0 radical (unpaired) electrons. The van der Waals surface area contributed by atoms with E-state index in [2.05, 4.69) is 5.32 Å². The van der Waals surface area contributed by atoms with Gasteiger partial charge in [-0.05, 0) is 30.2 Å². The molecule has 0 spiro atoms. The molecule has 0 aliphatic heterocycles. The molecule has 0 aliphatic rings. The molecule has 4 nitrogen and oxygen atoms in total. The predicted octanol–water partition coefficient (Wildman–Crippen LogP) is 4.30. The van der Waals surface area contributed by atoms with Crippen LogP contribution in [0.4, 0.5) is 0 Å². The van der Waals surface area contributed by atoms with Crippen molar-refractivity contribution in [2.45, 2.75) is 25.0 Å². The molecule has 0 saturated heterocycles. The first kappa shape index (κ1) is 20.8. The molecule has 0 saturated carbocycles. The van der Waals surface area contributed by atoms with Crippen LogP contribution in [0.3, 0.4) is 0 Å². The van der Waals surface area contributed by atoms with Crippen LogP contribution in [0.1, 0.15) is 18.1 Å². The number of thioether (sulfide) groups is 1. The fourth-order valence-corrected chi connectivity index (χ4v) is 3.31. The molecular weight excluding hydrogens is 370 g/mol. The van der Waals surface area contributed by atoms with Crippen molar-refractivity contribution in [3.05, 3.63) is 64.7 Å². The minimum absolute atomic E-state index is 0.0201. The Morgan fingerprint density at radius 1 is 1.08 bits per heavy atom. The van der Waals surface area contributed by atoms with E-state index in [9.17, 15) is 4.79 Å². The van der Waals surface area contributed by atoms with Crippen molar-refractivity contribution < 1.29 is 14.3 Å². The van der Waals surface area contributed by atoms with Crippen LogP contribution >= 0.6 is 23.4 Å². The maximum atomic E-state index is 12.0. The molecule has 2 rings (SSSR count). The lowest BCUT2D eigenvalue weighted by Gasteiger charge is -2.09. The monoisotopic (exact) mass is 393 g/mol. The van der Waals surface area contributed by atoms with E-state index < -0.39 is 0 Å². The summed E-state index contributed by atoms with van der Waals surface area (Å²) in [5, 5.41) is 3.61. The molecule has 0 unspecified atom stereocenters. The second-order valence-electron chi connectivity index (χ2n) is 5.57. The number of nitrogens with one attached hydrogen (secondary N) is 1. The summed E-state index contributed by atoms with van der Waals surface area (Å²) in [6, 6.07) is 15.5. The molecule has 0 aliphatic carbocycles. The van der Waals surface area contributed by atoms with Crippen LogP contribution in [0.5, 0.6) is 0 Å². The standard InChI is InChI=1S/C20H24ClNO3S/c1-2-24-10-11-25-14-17-7-5-6-16(12-17)13-22-20(23)15-26-19-9-4-3-8-18(19)21/h3-9,12H,2,10-11,13-15H2,1H3,(H,22,23). The van der Waals surface area contributed by atoms with E-state index >= 15 is 0 Å². The number of benzene rings is 2. The number of amides is 1. The van der Waals surface area contributed by atoms with Crippen LogP contribution in [-0.4, -0.2) is 31.5 Å². The van der Waals surface area contributed by atoms with Gasteiger partial charge < -0.3 is 14.8 Å². The summed E-state index contributed by atoms with van der Waals surface area (Å²) in [7, 11) is 0. The van der Waals surface area contributed by atoms with E-state index in [0.717, 1.165) is 16.0 Å². The minimum Gasteiger partial charge on any atom is -0.379 e. The summed E-state index contributed by atoms with van der Waals surface area (Å²) in [4.78, 5) is 13.0. The first-order chi connectivity index (χ1) is 12.7. The second-order valence-corrected chi connectivity index (χ2v) is 6.99. The van der Waals surface area contributed by atoms with Gasteiger partial charge in [0.2, 0.25) is 5.91 Å². The fraction of sp³-hybridized carbons (Fsp3) is 0.350. The molecule has 26 heavy (non-hydrogen) atoms. The van der Waals surface area contributed by atoms with Crippen LogP contribution in [-0.2, 0) is 27.4 Å². The molecule has 6 heteroatoms. The average Bonchev–Trinajstić information content (AvgIpc) is 2.66. The van der Waals surface area contributed by atoms with Gasteiger partial charge in [-0.3, -0.25) is 4.79 Å². The highest BCUT2D eigenvalue weighted by Gasteiger charge is 2.06. The average molecular weight is 394 g/mol. The molecule has 0 aromatic heterocycles. The molecule has 140 valence electrons. The number of rotatable bonds is 11. The molecule has 1 amide bonds. The lowest BCUT2D eigenvalue weighted by atomic mass is 10.1. The fourth-order valence-electron chi connectivity index (χ4n) is 2.24. The Morgan fingerprint density at radius 2 is 1.85 bits per heavy atom. The quantitative estimate of drug-likeness (QED) is 0.456. The van der Waals surface area contributed by atoms with Crippen molar-refractivity contribution in [3.8, 4) is 0 Å². The highest BCUT2D eigenvalue weighted by Crippen LogP contribution is 2.26. The molecular formula is C20H24ClNO3S. The van der Waals surface area contributed by atoms with Gasteiger partial charge in [-0.15, -0.1) is 11.8 Å². The van der Waals surface area contributed by atoms with Gasteiger partial charge in [0.1, 0.15) is 0 Å². The second kappa shape index (κ2) is 12.0. The number of halogens is 1. The number of carbonyl (C=O) groups excluding carboxylic acids is 1. The van der Waals surface area contributed by atoms with E-state index in [-0.39, 0.29) is 5.91 Å². The zero-order valence-electron chi connectivity index (χ0n) is 14.9. The van der Waals surface area contributed by atoms with Crippen LogP contribution in [0.15, 0.2) is 53.4 Å². The third kappa shape index (κ3) is 7.79. The Labute approximate surface area is 164 Å². The van der Waals surface area contributed by atoms with Crippen LogP contribution in [0.25, 0.3) is 0 Å². The van der Waals surface area contributed by atoms with Crippen molar-refractivity contribution in [2.75, 3.05) is 25.6 Å². The lowest BCUT2D eigenvalue weighted by Crippen LogP contribution is -2.24. The zero-order valence-corrected chi connectivity index (χ0v) is 16.4. The summed E-state index contributed by atoms with van der Waals surface area (Å²) in [6.07, 6.45) is 0. The van der Waals surface area contributed by atoms with Gasteiger partial charge >= 0.3 is 0 Å². The summed E-state index contributed by atoms with van der Waals surface area (Å²) >= 11 is 7.53. The predicted molar refractivity (Wildman–Crippen MR) is 107 cm³/mol. The van der Waals surface area contributed by atoms with Crippen LogP contribution in [0, 0.1) is 0 Å². The Bertz CT molecular complexity index is 696. The van der Waals surface area contributed by atoms with E-state index in [1.807, 2.05) is 55.5 Å². The smallest absolute Gasteiger partial charge is 0.230 e. The van der Waals surface area contributed by atoms with Crippen LogP contribution in [0.2, 0.25) is 5.02 Å². The lowest BCUT2D eigenvalue weighted by molar-refractivity contribution is -0.118. The van der Waals surface area contributed by atoms with Gasteiger partial charge in [0.05, 0.1) is 30.6 Å². The highest BCUT2D eigenvalue weighted by molar-refractivity contribution is 8.00. The van der Waals surface area contributed by atoms with Gasteiger partial charge in [-0.1, -0.05) is 48.0 Å². The number of hydrogen-bond donors (Lipinski definition) is 1. The van der Waals surface area contributed by atoms with Gasteiger partial charge in [0.15, 0.2) is 0 Å². The van der Waals surface area contributed by atoms with Gasteiger partial charge in [0.25, 0.3) is 0 Å². The SMILES string of the molecule is CCOCCOCc1cccc(CNC(=O)CSc2ccccc2Cl)c1. The Balaban J connectivity index is 1.72. The maximum absolute atomic E-state index is 12.0. The van der Waals surface area contributed by atoms with Gasteiger partial charge in [-0.25, -0.2) is 0 Å². The van der Waals surface area contributed by atoms with Crippen LogP contribution < -0.4 is 5.32 Å². The van der Waals surface area contributed by atoms with Crippen molar-refractivity contribution in [2.24, 2.45) is 0 Å². The zero-order chi connectivity index (χ0) is 18.6. The van der Waals surface area contributed by atoms with E-state index in [4.69, 9.17) is 21.1 Å². The minimum atomic E-state index is -0.0201. The Hall–Kier alpha value is -1.53. The molecule has 0 heterocycles. The molecule has 2 aromatic rings. The highest BCUT2D eigenvalue weighted by atomic mass is 35.5. The van der Waals surface area contributed by atoms with E-state index in [1.54, 1.807) is 0 Å². The summed E-state index contributed by atoms with van der Waals surface area (Å²) in [6.45, 7) is 4.88. The first-order valence-corrected chi connectivity index (χ1v) is 9.92. The molecule has 2 aromatic carbocycles. The Morgan fingerprint density at radius 3 is 2.65 bits per heavy atom. The molecule has 1 N–H and O–H groups in total. The van der Waals surface area contributed by atoms with E-state index in [0.29, 0.717) is 43.7 Å². The van der Waals surface area contributed by atoms with Crippen molar-refractivity contribution in [1.82, 2.24) is 5.32 Å².